The summed E-state index contributed by atoms with van der Waals surface area (Å²) in [6, 6.07) is 7.97. The number of anilines is 1. The number of aryl methyl sites for hydroxylation is 1. The van der Waals surface area contributed by atoms with Crippen LogP contribution in [0.25, 0.3) is 0 Å². The van der Waals surface area contributed by atoms with Crippen molar-refractivity contribution in [2.45, 2.75) is 39.0 Å². The van der Waals surface area contributed by atoms with Crippen LogP contribution in [0.2, 0.25) is 0 Å². The Hall–Kier alpha value is -2.17. The van der Waals surface area contributed by atoms with Gasteiger partial charge in [0.1, 0.15) is 0 Å². The van der Waals surface area contributed by atoms with Crippen LogP contribution < -0.4 is 4.90 Å². The summed E-state index contributed by atoms with van der Waals surface area (Å²) in [6.07, 6.45) is 0.424. The topological polar surface area (TPSA) is 59.2 Å². The van der Waals surface area contributed by atoms with Crippen LogP contribution >= 0.6 is 0 Å². The zero-order valence-electron chi connectivity index (χ0n) is 12.5. The van der Waals surface area contributed by atoms with Gasteiger partial charge in [-0.2, -0.15) is 4.98 Å². The van der Waals surface area contributed by atoms with Crippen LogP contribution in [-0.2, 0) is 4.79 Å². The molecule has 1 aromatic carbocycles. The molecule has 1 atom stereocenters. The summed E-state index contributed by atoms with van der Waals surface area (Å²) in [5, 5.41) is 3.98. The van der Waals surface area contributed by atoms with Gasteiger partial charge in [-0.15, -0.1) is 0 Å². The molecule has 1 unspecified atom stereocenters. The fourth-order valence-electron chi connectivity index (χ4n) is 2.57. The summed E-state index contributed by atoms with van der Waals surface area (Å²) >= 11 is 0. The smallest absolute Gasteiger partial charge is 0.232 e. The molecule has 21 heavy (non-hydrogen) atoms. The van der Waals surface area contributed by atoms with Gasteiger partial charge in [0.25, 0.3) is 0 Å². The largest absolute Gasteiger partial charge is 0.339 e. The maximum Gasteiger partial charge on any atom is 0.232 e. The molecule has 1 aliphatic rings. The highest BCUT2D eigenvalue weighted by Crippen LogP contribution is 2.31. The van der Waals surface area contributed by atoms with E-state index in [4.69, 9.17) is 4.52 Å². The minimum absolute atomic E-state index is 0.0157. The predicted molar refractivity (Wildman–Crippen MR) is 79.3 cm³/mol. The third-order valence-electron chi connectivity index (χ3n) is 3.76. The van der Waals surface area contributed by atoms with Gasteiger partial charge in [-0.3, -0.25) is 4.79 Å². The first-order valence-electron chi connectivity index (χ1n) is 7.25. The Kier molecular flexibility index (Phi) is 3.49. The van der Waals surface area contributed by atoms with Crippen molar-refractivity contribution in [1.82, 2.24) is 10.1 Å². The number of carbonyl (C=O) groups excluding carboxylic acids is 1. The number of hydrogen-bond acceptors (Lipinski definition) is 4. The van der Waals surface area contributed by atoms with Crippen LogP contribution in [-0.4, -0.2) is 22.6 Å². The van der Waals surface area contributed by atoms with Gasteiger partial charge in [0, 0.05) is 24.6 Å². The molecule has 5 heteroatoms. The molecular formula is C16H19N3O2. The summed E-state index contributed by atoms with van der Waals surface area (Å²) in [6.45, 7) is 6.66. The first kappa shape index (κ1) is 13.8. The Morgan fingerprint density at radius 1 is 1.38 bits per heavy atom. The van der Waals surface area contributed by atoms with E-state index in [1.807, 2.05) is 45.0 Å². The van der Waals surface area contributed by atoms with E-state index in [1.165, 1.54) is 0 Å². The number of aromatic nitrogens is 2. The zero-order chi connectivity index (χ0) is 15.0. The van der Waals surface area contributed by atoms with Gasteiger partial charge in [-0.25, -0.2) is 0 Å². The van der Waals surface area contributed by atoms with Crippen molar-refractivity contribution >= 4 is 11.6 Å². The van der Waals surface area contributed by atoms with Crippen LogP contribution in [0.1, 0.15) is 49.4 Å². The highest BCUT2D eigenvalue weighted by Gasteiger charge is 2.35. The lowest BCUT2D eigenvalue weighted by Crippen LogP contribution is -2.24. The number of hydrogen-bond donors (Lipinski definition) is 0. The van der Waals surface area contributed by atoms with E-state index in [0.29, 0.717) is 24.7 Å². The van der Waals surface area contributed by atoms with Crippen LogP contribution in [0.4, 0.5) is 5.69 Å². The van der Waals surface area contributed by atoms with Crippen molar-refractivity contribution in [3.8, 4) is 0 Å². The monoisotopic (exact) mass is 285 g/mol. The van der Waals surface area contributed by atoms with Gasteiger partial charge in [-0.1, -0.05) is 31.1 Å². The minimum atomic E-state index is -0.0157. The number of amides is 1. The highest BCUT2D eigenvalue weighted by atomic mass is 16.5. The average Bonchev–Trinajstić information content (AvgIpc) is 3.05. The van der Waals surface area contributed by atoms with E-state index in [2.05, 4.69) is 10.1 Å². The lowest BCUT2D eigenvalue weighted by atomic mass is 10.1. The molecule has 0 spiro atoms. The second-order valence-electron chi connectivity index (χ2n) is 5.89. The van der Waals surface area contributed by atoms with Crippen molar-refractivity contribution in [1.29, 1.82) is 0 Å². The maximum atomic E-state index is 12.2. The van der Waals surface area contributed by atoms with Crippen LogP contribution in [0.15, 0.2) is 28.8 Å². The summed E-state index contributed by atoms with van der Waals surface area (Å²) in [7, 11) is 0. The standard InChI is InChI=1S/C16H19N3O2/c1-10(2)15-17-16(21-18-15)12-8-14(20)19(9-12)13-6-4-5-11(3)7-13/h4-7,10,12H,8-9H2,1-3H3. The average molecular weight is 285 g/mol. The molecule has 1 fully saturated rings. The molecule has 110 valence electrons. The third kappa shape index (κ3) is 2.68. The summed E-state index contributed by atoms with van der Waals surface area (Å²) in [4.78, 5) is 18.5. The van der Waals surface area contributed by atoms with Crippen LogP contribution in [0, 0.1) is 6.92 Å². The van der Waals surface area contributed by atoms with Crippen molar-refractivity contribution in [3.05, 3.63) is 41.5 Å². The molecule has 1 amide bonds. The van der Waals surface area contributed by atoms with Gasteiger partial charge >= 0.3 is 0 Å². The van der Waals surface area contributed by atoms with Crippen molar-refractivity contribution < 1.29 is 9.32 Å². The van der Waals surface area contributed by atoms with Gasteiger partial charge in [0.05, 0.1) is 5.92 Å². The molecule has 0 aliphatic carbocycles. The van der Waals surface area contributed by atoms with E-state index in [0.717, 1.165) is 11.3 Å². The third-order valence-corrected chi connectivity index (χ3v) is 3.76. The van der Waals surface area contributed by atoms with Gasteiger partial charge in [-0.05, 0) is 24.6 Å². The molecular weight excluding hydrogens is 266 g/mol. The fourth-order valence-corrected chi connectivity index (χ4v) is 2.57. The van der Waals surface area contributed by atoms with E-state index in [9.17, 15) is 4.79 Å². The Bertz CT molecular complexity index is 663. The number of nitrogens with zero attached hydrogens (tertiary/aromatic N) is 3. The lowest BCUT2D eigenvalue weighted by molar-refractivity contribution is -0.117. The Labute approximate surface area is 124 Å². The van der Waals surface area contributed by atoms with Gasteiger partial charge in [0.15, 0.2) is 5.82 Å². The number of carbonyl (C=O) groups is 1. The minimum Gasteiger partial charge on any atom is -0.339 e. The van der Waals surface area contributed by atoms with Gasteiger partial charge in [0.2, 0.25) is 11.8 Å². The molecule has 0 saturated carbocycles. The quantitative estimate of drug-likeness (QED) is 0.869. The summed E-state index contributed by atoms with van der Waals surface area (Å²) in [5.74, 6) is 1.59. The lowest BCUT2D eigenvalue weighted by Gasteiger charge is -2.16. The first-order chi connectivity index (χ1) is 10.0. The van der Waals surface area contributed by atoms with E-state index in [1.54, 1.807) is 4.90 Å². The number of benzene rings is 1. The van der Waals surface area contributed by atoms with Crippen molar-refractivity contribution in [3.63, 3.8) is 0 Å². The SMILES string of the molecule is Cc1cccc(N2CC(c3nc(C(C)C)no3)CC2=O)c1. The normalized spacial score (nSPS) is 18.8. The van der Waals surface area contributed by atoms with E-state index in [-0.39, 0.29) is 17.7 Å². The second kappa shape index (κ2) is 5.31. The summed E-state index contributed by atoms with van der Waals surface area (Å²) in [5.41, 5.74) is 2.08. The molecule has 3 rings (SSSR count). The molecule has 1 saturated heterocycles. The molecule has 0 bridgehead atoms. The predicted octanol–water partition coefficient (Wildman–Crippen LogP) is 3.02. The van der Waals surface area contributed by atoms with Crippen molar-refractivity contribution in [2.24, 2.45) is 0 Å². The summed E-state index contributed by atoms with van der Waals surface area (Å²) < 4.78 is 5.33. The zero-order valence-corrected chi connectivity index (χ0v) is 12.5. The Morgan fingerprint density at radius 2 is 2.19 bits per heavy atom. The van der Waals surface area contributed by atoms with E-state index < -0.39 is 0 Å². The molecule has 2 aromatic rings. The maximum absolute atomic E-state index is 12.2. The molecule has 1 aliphatic heterocycles. The Balaban J connectivity index is 1.80. The molecule has 5 nitrogen and oxygen atoms in total. The first-order valence-corrected chi connectivity index (χ1v) is 7.25. The fraction of sp³-hybridized carbons (Fsp3) is 0.438. The second-order valence-corrected chi connectivity index (χ2v) is 5.89. The van der Waals surface area contributed by atoms with E-state index >= 15 is 0 Å². The molecule has 0 radical (unpaired) electrons. The van der Waals surface area contributed by atoms with Crippen LogP contribution in [0.3, 0.4) is 0 Å². The number of rotatable bonds is 3. The molecule has 2 heterocycles. The van der Waals surface area contributed by atoms with Gasteiger partial charge < -0.3 is 9.42 Å². The van der Waals surface area contributed by atoms with Crippen LogP contribution in [0.5, 0.6) is 0 Å². The molecule has 0 N–H and O–H groups in total. The van der Waals surface area contributed by atoms with Crippen molar-refractivity contribution in [2.75, 3.05) is 11.4 Å². The molecule has 1 aromatic heterocycles. The highest BCUT2D eigenvalue weighted by molar-refractivity contribution is 5.96. The Morgan fingerprint density at radius 3 is 2.86 bits per heavy atom.